The molecule has 1 aliphatic rings. The van der Waals surface area contributed by atoms with Crippen LogP contribution in [-0.2, 0) is 4.74 Å². The molecule has 1 saturated heterocycles. The van der Waals surface area contributed by atoms with E-state index in [0.29, 0.717) is 32.7 Å². The molecule has 0 unspecified atom stereocenters. The third kappa shape index (κ3) is 4.86. The van der Waals surface area contributed by atoms with Crippen LogP contribution in [0.3, 0.4) is 0 Å². The molecule has 1 amide bonds. The van der Waals surface area contributed by atoms with Gasteiger partial charge in [-0.25, -0.2) is 4.79 Å². The molecule has 1 heterocycles. The van der Waals surface area contributed by atoms with E-state index in [1.807, 2.05) is 0 Å². The van der Waals surface area contributed by atoms with E-state index in [1.54, 1.807) is 0 Å². The van der Waals surface area contributed by atoms with Crippen molar-refractivity contribution in [2.45, 2.75) is 18.6 Å². The summed E-state index contributed by atoms with van der Waals surface area (Å²) in [6.45, 7) is 2.07. The molecule has 0 aromatic heterocycles. The number of carbonyl (C=O) groups is 1. The van der Waals surface area contributed by atoms with Crippen LogP contribution < -0.4 is 5.32 Å². The zero-order chi connectivity index (χ0) is 12.7. The average molecular weight is 248 g/mol. The summed E-state index contributed by atoms with van der Waals surface area (Å²) in [4.78, 5) is 12.1. The van der Waals surface area contributed by atoms with Crippen molar-refractivity contribution >= 4 is 6.09 Å². The predicted octanol–water partition coefficient (Wildman–Crippen LogP) is -1.30. The summed E-state index contributed by atoms with van der Waals surface area (Å²) in [5.41, 5.74) is 0. The van der Waals surface area contributed by atoms with Crippen molar-refractivity contribution in [3.05, 3.63) is 0 Å². The highest BCUT2D eigenvalue weighted by Crippen LogP contribution is 2.16. The van der Waals surface area contributed by atoms with Crippen LogP contribution in [-0.4, -0.2) is 77.9 Å². The van der Waals surface area contributed by atoms with Crippen LogP contribution in [0.4, 0.5) is 4.79 Å². The first-order valence-corrected chi connectivity index (χ1v) is 5.72. The Hall–Kier alpha value is -0.890. The van der Waals surface area contributed by atoms with Crippen molar-refractivity contribution in [3.8, 4) is 0 Å². The van der Waals surface area contributed by atoms with Gasteiger partial charge < -0.3 is 30.3 Å². The van der Waals surface area contributed by atoms with Gasteiger partial charge in [-0.05, 0) is 6.42 Å². The normalized spacial score (nSPS) is 24.2. The Labute approximate surface area is 100.0 Å². The third-order valence-electron chi connectivity index (χ3n) is 2.68. The van der Waals surface area contributed by atoms with Crippen molar-refractivity contribution in [2.75, 3.05) is 39.5 Å². The number of hydrogen-bond donors (Lipinski definition) is 4. The molecule has 100 valence electrons. The number of hydrogen-bond acceptors (Lipinski definition) is 5. The van der Waals surface area contributed by atoms with Gasteiger partial charge in [-0.3, -0.25) is 0 Å². The smallest absolute Gasteiger partial charge is 0.407 e. The van der Waals surface area contributed by atoms with Crippen LogP contribution in [0.15, 0.2) is 0 Å². The second-order valence-corrected chi connectivity index (χ2v) is 4.02. The second-order valence-electron chi connectivity index (χ2n) is 4.02. The van der Waals surface area contributed by atoms with Crippen LogP contribution >= 0.6 is 0 Å². The summed E-state index contributed by atoms with van der Waals surface area (Å²) in [7, 11) is 0. The number of aliphatic hydroxyl groups is 2. The molecular formula is C10H20N2O5. The fourth-order valence-electron chi connectivity index (χ4n) is 1.90. The molecule has 7 heteroatoms. The fourth-order valence-corrected chi connectivity index (χ4v) is 1.90. The number of ether oxygens (including phenoxy) is 1. The summed E-state index contributed by atoms with van der Waals surface area (Å²) >= 11 is 0. The number of nitrogens with zero attached hydrogens (tertiary/aromatic N) is 1. The van der Waals surface area contributed by atoms with E-state index in [9.17, 15) is 9.90 Å². The van der Waals surface area contributed by atoms with Gasteiger partial charge in [-0.2, -0.15) is 0 Å². The maximum Gasteiger partial charge on any atom is 0.407 e. The summed E-state index contributed by atoms with van der Waals surface area (Å²) in [6, 6.07) is -0.180. The van der Waals surface area contributed by atoms with Crippen LogP contribution in [0.1, 0.15) is 6.42 Å². The van der Waals surface area contributed by atoms with Crippen LogP contribution in [0.25, 0.3) is 0 Å². The molecule has 0 aromatic carbocycles. The number of rotatable bonds is 7. The van der Waals surface area contributed by atoms with Crippen molar-refractivity contribution in [1.29, 1.82) is 0 Å². The molecule has 0 bridgehead atoms. The lowest BCUT2D eigenvalue weighted by atomic mass is 10.2. The van der Waals surface area contributed by atoms with E-state index in [0.717, 1.165) is 0 Å². The number of amides is 1. The van der Waals surface area contributed by atoms with Crippen LogP contribution in [0, 0.1) is 0 Å². The Bertz CT molecular complexity index is 239. The van der Waals surface area contributed by atoms with Gasteiger partial charge in [0.2, 0.25) is 0 Å². The van der Waals surface area contributed by atoms with Gasteiger partial charge in [0.05, 0.1) is 38.5 Å². The molecule has 0 spiro atoms. The standard InChI is InChI=1S/C10H20N2O5/c13-2-4-17-3-1-11-6-8-5-9(14)7-12(8)10(15)16/h8-9,11,13-14H,1-7H2,(H,15,16)/t8-,9+/m0/s1. The van der Waals surface area contributed by atoms with Gasteiger partial charge in [-0.15, -0.1) is 0 Å². The molecule has 1 fully saturated rings. The Morgan fingerprint density at radius 2 is 2.24 bits per heavy atom. The minimum Gasteiger partial charge on any atom is -0.465 e. The molecule has 0 radical (unpaired) electrons. The summed E-state index contributed by atoms with van der Waals surface area (Å²) < 4.78 is 5.05. The quantitative estimate of drug-likeness (QED) is 0.418. The van der Waals surface area contributed by atoms with E-state index in [4.69, 9.17) is 14.9 Å². The SMILES string of the molecule is O=C(O)N1C[C@H](O)C[C@H]1CNCCOCCO. The summed E-state index contributed by atoms with van der Waals surface area (Å²) in [5, 5.41) is 29.9. The highest BCUT2D eigenvalue weighted by molar-refractivity contribution is 5.66. The summed E-state index contributed by atoms with van der Waals surface area (Å²) in [6.07, 6.45) is -1.09. The van der Waals surface area contributed by atoms with Gasteiger partial charge in [0.15, 0.2) is 0 Å². The van der Waals surface area contributed by atoms with Crippen LogP contribution in [0.5, 0.6) is 0 Å². The van der Waals surface area contributed by atoms with Crippen molar-refractivity contribution in [1.82, 2.24) is 10.2 Å². The third-order valence-corrected chi connectivity index (χ3v) is 2.68. The van der Waals surface area contributed by atoms with Crippen molar-refractivity contribution in [2.24, 2.45) is 0 Å². The average Bonchev–Trinajstić information content (AvgIpc) is 2.65. The van der Waals surface area contributed by atoms with Gasteiger partial charge in [0, 0.05) is 13.1 Å². The molecule has 4 N–H and O–H groups in total. The van der Waals surface area contributed by atoms with Gasteiger partial charge in [-0.1, -0.05) is 0 Å². The number of β-amino-alcohol motifs (C(OH)–C–C–N with tert-alkyl or cyclic N) is 1. The van der Waals surface area contributed by atoms with E-state index in [1.165, 1.54) is 4.90 Å². The molecule has 2 atom stereocenters. The number of nitrogens with one attached hydrogen (secondary N) is 1. The Morgan fingerprint density at radius 1 is 1.47 bits per heavy atom. The first-order chi connectivity index (χ1) is 8.15. The van der Waals surface area contributed by atoms with Crippen molar-refractivity contribution in [3.63, 3.8) is 0 Å². The molecule has 0 aliphatic carbocycles. The number of likely N-dealkylation sites (tertiary alicyclic amines) is 1. The molecule has 1 rings (SSSR count). The van der Waals surface area contributed by atoms with E-state index < -0.39 is 12.2 Å². The molecule has 7 nitrogen and oxygen atoms in total. The Balaban J connectivity index is 2.15. The second kappa shape index (κ2) is 7.44. The Morgan fingerprint density at radius 3 is 2.88 bits per heavy atom. The largest absolute Gasteiger partial charge is 0.465 e. The minimum absolute atomic E-state index is 0.00160. The number of carboxylic acid groups (broad SMARTS) is 1. The van der Waals surface area contributed by atoms with Gasteiger partial charge in [0.25, 0.3) is 0 Å². The van der Waals surface area contributed by atoms with Gasteiger partial charge in [0.1, 0.15) is 0 Å². The van der Waals surface area contributed by atoms with Crippen molar-refractivity contribution < 1.29 is 24.9 Å². The molecule has 1 aliphatic heterocycles. The maximum absolute atomic E-state index is 10.9. The Kier molecular flexibility index (Phi) is 6.20. The summed E-state index contributed by atoms with van der Waals surface area (Å²) in [5.74, 6) is 0. The first-order valence-electron chi connectivity index (χ1n) is 5.72. The van der Waals surface area contributed by atoms with E-state index in [2.05, 4.69) is 5.32 Å². The van der Waals surface area contributed by atoms with Crippen LogP contribution in [0.2, 0.25) is 0 Å². The molecule has 0 aromatic rings. The lowest BCUT2D eigenvalue weighted by Crippen LogP contribution is -2.41. The highest BCUT2D eigenvalue weighted by atomic mass is 16.5. The molecule has 17 heavy (non-hydrogen) atoms. The van der Waals surface area contributed by atoms with E-state index >= 15 is 0 Å². The lowest BCUT2D eigenvalue weighted by molar-refractivity contribution is 0.0926. The lowest BCUT2D eigenvalue weighted by Gasteiger charge is -2.21. The zero-order valence-corrected chi connectivity index (χ0v) is 9.71. The monoisotopic (exact) mass is 248 g/mol. The first kappa shape index (κ1) is 14.2. The maximum atomic E-state index is 10.9. The molecular weight excluding hydrogens is 228 g/mol. The highest BCUT2D eigenvalue weighted by Gasteiger charge is 2.33. The fraction of sp³-hybridized carbons (Fsp3) is 0.900. The topological polar surface area (TPSA) is 102 Å². The zero-order valence-electron chi connectivity index (χ0n) is 9.71. The number of aliphatic hydroxyl groups excluding tert-OH is 2. The van der Waals surface area contributed by atoms with Gasteiger partial charge >= 0.3 is 6.09 Å². The minimum atomic E-state index is -0.995. The predicted molar refractivity (Wildman–Crippen MR) is 59.9 cm³/mol. The van der Waals surface area contributed by atoms with E-state index in [-0.39, 0.29) is 19.2 Å². The molecule has 0 saturated carbocycles.